The topological polar surface area (TPSA) is 25.8 Å². The van der Waals surface area contributed by atoms with Crippen LogP contribution in [0.4, 0.5) is 0 Å². The number of thiol groups is 1. The van der Waals surface area contributed by atoms with Crippen molar-refractivity contribution in [3.05, 3.63) is 70.6 Å². The van der Waals surface area contributed by atoms with Gasteiger partial charge in [0.2, 0.25) is 5.28 Å². The molecule has 2 aromatic carbocycles. The summed E-state index contributed by atoms with van der Waals surface area (Å²) in [5.41, 5.74) is 4.54. The molecule has 2 nitrogen and oxygen atoms in total. The van der Waals surface area contributed by atoms with Gasteiger partial charge in [0.25, 0.3) is 0 Å². The normalized spacial score (nSPS) is 10.7. The second kappa shape index (κ2) is 6.69. The first-order valence-corrected chi connectivity index (χ1v) is 8.06. The fraction of sp³-hybridized carbons (Fsp3) is 0.0588. The minimum absolute atomic E-state index is 0.139. The van der Waals surface area contributed by atoms with E-state index in [1.807, 2.05) is 54.6 Å². The fourth-order valence-corrected chi connectivity index (χ4v) is 2.95. The zero-order valence-electron chi connectivity index (χ0n) is 11.5. The number of aromatic nitrogens is 2. The van der Waals surface area contributed by atoms with Gasteiger partial charge in [0, 0.05) is 16.9 Å². The Hall–Kier alpha value is -1.55. The average Bonchev–Trinajstić information content (AvgIpc) is 2.55. The summed E-state index contributed by atoms with van der Waals surface area (Å²) in [7, 11) is 0. The molecular weight excluding hydrogens is 335 g/mol. The highest BCUT2D eigenvalue weighted by Gasteiger charge is 2.16. The fourth-order valence-electron chi connectivity index (χ4n) is 2.25. The van der Waals surface area contributed by atoms with E-state index in [-0.39, 0.29) is 5.28 Å². The van der Waals surface area contributed by atoms with E-state index in [0.29, 0.717) is 10.9 Å². The summed E-state index contributed by atoms with van der Waals surface area (Å²) in [5, 5.41) is 0.483. The monoisotopic (exact) mass is 346 g/mol. The van der Waals surface area contributed by atoms with Gasteiger partial charge in [0.1, 0.15) is 5.15 Å². The van der Waals surface area contributed by atoms with Crippen LogP contribution in [0.15, 0.2) is 54.6 Å². The summed E-state index contributed by atoms with van der Waals surface area (Å²) in [5.74, 6) is 0.691. The summed E-state index contributed by atoms with van der Waals surface area (Å²) in [6.45, 7) is 0. The Bertz CT molecular complexity index is 790. The summed E-state index contributed by atoms with van der Waals surface area (Å²) in [6, 6.07) is 17.8. The number of rotatable bonds is 3. The van der Waals surface area contributed by atoms with Gasteiger partial charge in [-0.2, -0.15) is 12.6 Å². The van der Waals surface area contributed by atoms with Gasteiger partial charge < -0.3 is 0 Å². The Balaban J connectivity index is 2.21. The molecule has 5 heteroatoms. The van der Waals surface area contributed by atoms with Gasteiger partial charge in [-0.3, -0.25) is 0 Å². The molecule has 0 aliphatic heterocycles. The van der Waals surface area contributed by atoms with Gasteiger partial charge in [0.15, 0.2) is 0 Å². The highest BCUT2D eigenvalue weighted by molar-refractivity contribution is 7.79. The molecule has 110 valence electrons. The Morgan fingerprint density at radius 1 is 0.818 bits per heavy atom. The van der Waals surface area contributed by atoms with Crippen molar-refractivity contribution in [1.82, 2.24) is 9.97 Å². The lowest BCUT2D eigenvalue weighted by Crippen LogP contribution is -1.95. The molecule has 0 saturated carbocycles. The number of benzene rings is 2. The Morgan fingerprint density at radius 2 is 1.50 bits per heavy atom. The molecule has 0 saturated heterocycles. The lowest BCUT2D eigenvalue weighted by atomic mass is 10.00. The van der Waals surface area contributed by atoms with Gasteiger partial charge in [-0.15, -0.1) is 0 Å². The van der Waals surface area contributed by atoms with Crippen LogP contribution in [0.25, 0.3) is 22.4 Å². The molecule has 1 aromatic heterocycles. The third-order valence-electron chi connectivity index (χ3n) is 3.31. The van der Waals surface area contributed by atoms with Crippen LogP contribution >= 0.6 is 35.8 Å². The Labute approximate surface area is 144 Å². The van der Waals surface area contributed by atoms with Gasteiger partial charge in [-0.05, 0) is 22.7 Å². The summed E-state index contributed by atoms with van der Waals surface area (Å²) >= 11 is 16.6. The molecule has 3 aromatic rings. The zero-order valence-corrected chi connectivity index (χ0v) is 13.9. The van der Waals surface area contributed by atoms with E-state index in [1.54, 1.807) is 0 Å². The molecule has 0 atom stereocenters. The first-order valence-electron chi connectivity index (χ1n) is 6.67. The maximum atomic E-state index is 6.34. The summed E-state index contributed by atoms with van der Waals surface area (Å²) in [4.78, 5) is 8.46. The van der Waals surface area contributed by atoms with Crippen LogP contribution < -0.4 is 0 Å². The molecule has 0 spiro atoms. The minimum Gasteiger partial charge on any atom is -0.217 e. The van der Waals surface area contributed by atoms with E-state index in [1.165, 1.54) is 0 Å². The third-order valence-corrected chi connectivity index (χ3v) is 4.12. The largest absolute Gasteiger partial charge is 0.224 e. The van der Waals surface area contributed by atoms with Crippen molar-refractivity contribution in [2.75, 3.05) is 0 Å². The van der Waals surface area contributed by atoms with Crippen LogP contribution in [0.5, 0.6) is 0 Å². The molecule has 0 fully saturated rings. The molecule has 22 heavy (non-hydrogen) atoms. The molecule has 0 unspecified atom stereocenters. The molecule has 0 aliphatic carbocycles. The molecule has 0 N–H and O–H groups in total. The predicted molar refractivity (Wildman–Crippen MR) is 95.6 cm³/mol. The number of hydrogen-bond donors (Lipinski definition) is 1. The quantitative estimate of drug-likeness (QED) is 0.382. The Kier molecular flexibility index (Phi) is 4.67. The second-order valence-electron chi connectivity index (χ2n) is 4.73. The van der Waals surface area contributed by atoms with E-state index >= 15 is 0 Å². The summed E-state index contributed by atoms with van der Waals surface area (Å²) < 4.78 is 0. The van der Waals surface area contributed by atoms with Crippen LogP contribution in [0.3, 0.4) is 0 Å². The highest BCUT2D eigenvalue weighted by atomic mass is 35.5. The van der Waals surface area contributed by atoms with E-state index < -0.39 is 0 Å². The molecular formula is C17H12Cl2N2S. The van der Waals surface area contributed by atoms with Crippen molar-refractivity contribution >= 4 is 35.8 Å². The van der Waals surface area contributed by atoms with Gasteiger partial charge in [-0.1, -0.05) is 66.2 Å². The SMILES string of the molecule is SCc1ccc(-c2c(Cl)nc(Cl)nc2-c2ccccc2)cc1. The van der Waals surface area contributed by atoms with Crippen molar-refractivity contribution in [1.29, 1.82) is 0 Å². The maximum Gasteiger partial charge on any atom is 0.224 e. The lowest BCUT2D eigenvalue weighted by Gasteiger charge is -2.11. The first-order chi connectivity index (χ1) is 10.7. The van der Waals surface area contributed by atoms with Crippen molar-refractivity contribution < 1.29 is 0 Å². The highest BCUT2D eigenvalue weighted by Crippen LogP contribution is 2.36. The lowest BCUT2D eigenvalue weighted by molar-refractivity contribution is 1.17. The van der Waals surface area contributed by atoms with Crippen LogP contribution in [0.1, 0.15) is 5.56 Å². The van der Waals surface area contributed by atoms with E-state index in [0.717, 1.165) is 27.9 Å². The summed E-state index contributed by atoms with van der Waals surface area (Å²) in [6.07, 6.45) is 0. The zero-order chi connectivity index (χ0) is 15.5. The predicted octanol–water partition coefficient (Wildman–Crippen LogP) is 5.55. The van der Waals surface area contributed by atoms with Crippen LogP contribution in [-0.2, 0) is 5.75 Å². The second-order valence-corrected chi connectivity index (χ2v) is 5.74. The maximum absolute atomic E-state index is 6.34. The van der Waals surface area contributed by atoms with Crippen molar-refractivity contribution in [3.8, 4) is 22.4 Å². The number of hydrogen-bond acceptors (Lipinski definition) is 3. The first kappa shape index (κ1) is 15.3. The van der Waals surface area contributed by atoms with Crippen LogP contribution in [0.2, 0.25) is 10.4 Å². The van der Waals surface area contributed by atoms with Crippen molar-refractivity contribution in [3.63, 3.8) is 0 Å². The van der Waals surface area contributed by atoms with E-state index in [4.69, 9.17) is 23.2 Å². The molecule has 0 aliphatic rings. The third kappa shape index (κ3) is 3.12. The van der Waals surface area contributed by atoms with E-state index in [9.17, 15) is 0 Å². The van der Waals surface area contributed by atoms with Gasteiger partial charge in [0.05, 0.1) is 5.69 Å². The average molecular weight is 347 g/mol. The molecule has 0 radical (unpaired) electrons. The van der Waals surface area contributed by atoms with Crippen molar-refractivity contribution in [2.24, 2.45) is 0 Å². The smallest absolute Gasteiger partial charge is 0.217 e. The molecule has 0 amide bonds. The van der Waals surface area contributed by atoms with Crippen LogP contribution in [-0.4, -0.2) is 9.97 Å². The van der Waals surface area contributed by atoms with Gasteiger partial charge >= 0.3 is 0 Å². The molecule has 1 heterocycles. The van der Waals surface area contributed by atoms with Crippen LogP contribution in [0, 0.1) is 0 Å². The van der Waals surface area contributed by atoms with E-state index in [2.05, 4.69) is 22.6 Å². The van der Waals surface area contributed by atoms with Gasteiger partial charge in [-0.25, -0.2) is 9.97 Å². The van der Waals surface area contributed by atoms with Crippen molar-refractivity contribution in [2.45, 2.75) is 5.75 Å². The number of halogens is 2. The Morgan fingerprint density at radius 3 is 2.14 bits per heavy atom. The molecule has 0 bridgehead atoms. The molecule has 3 rings (SSSR count). The number of nitrogens with zero attached hydrogens (tertiary/aromatic N) is 2. The minimum atomic E-state index is 0.139. The standard InChI is InChI=1S/C17H12Cl2N2S/c18-16-14(12-8-6-11(10-22)7-9-12)15(20-17(19)21-16)13-4-2-1-3-5-13/h1-9,22H,10H2.